The molecule has 0 radical (unpaired) electrons. The molecule has 2 aliphatic rings. The lowest BCUT2D eigenvalue weighted by Gasteiger charge is -2.17. The summed E-state index contributed by atoms with van der Waals surface area (Å²) in [5.41, 5.74) is 0.680. The third kappa shape index (κ3) is 2.16. The van der Waals surface area contributed by atoms with Gasteiger partial charge in [0, 0.05) is 5.02 Å². The Labute approximate surface area is 140 Å². The molecule has 0 spiro atoms. The Kier molecular flexibility index (Phi) is 3.80. The second-order valence-corrected chi connectivity index (χ2v) is 5.65. The summed E-state index contributed by atoms with van der Waals surface area (Å²) in [6.45, 7) is 1.77. The zero-order valence-electron chi connectivity index (χ0n) is 12.6. The van der Waals surface area contributed by atoms with Gasteiger partial charge in [-0.3, -0.25) is 9.59 Å². The average Bonchev–Trinajstić information content (AvgIpc) is 3.07. The lowest BCUT2D eigenvalue weighted by atomic mass is 9.98. The number of ether oxygens (including phenoxy) is 1. The Balaban J connectivity index is 2.05. The lowest BCUT2D eigenvalue weighted by molar-refractivity contribution is -0.133. The fourth-order valence-electron chi connectivity index (χ4n) is 2.71. The van der Waals surface area contributed by atoms with E-state index in [9.17, 15) is 19.3 Å². The van der Waals surface area contributed by atoms with E-state index < -0.39 is 29.7 Å². The van der Waals surface area contributed by atoms with E-state index in [1.165, 1.54) is 6.07 Å². The number of benzene rings is 1. The maximum atomic E-state index is 12.7. The molecule has 24 heavy (non-hydrogen) atoms. The van der Waals surface area contributed by atoms with Crippen LogP contribution in [0.25, 0.3) is 0 Å². The molecule has 1 saturated heterocycles. The molecule has 1 aromatic rings. The van der Waals surface area contributed by atoms with Crippen molar-refractivity contribution in [3.8, 4) is 0 Å². The van der Waals surface area contributed by atoms with Gasteiger partial charge in [-0.25, -0.2) is 9.69 Å². The largest absolute Gasteiger partial charge is 0.464 e. The van der Waals surface area contributed by atoms with Gasteiger partial charge in [-0.05, 0) is 24.6 Å². The summed E-state index contributed by atoms with van der Waals surface area (Å²) in [4.78, 5) is 48.9. The van der Waals surface area contributed by atoms with Crippen LogP contribution >= 0.6 is 11.6 Å². The summed E-state index contributed by atoms with van der Waals surface area (Å²) in [6.07, 6.45) is 0. The number of halogens is 1. The first-order valence-corrected chi connectivity index (χ1v) is 7.21. The number of hydrogen-bond acceptors (Lipinski definition) is 7. The molecule has 2 heterocycles. The van der Waals surface area contributed by atoms with E-state index >= 15 is 0 Å². The number of carbonyl (C=O) groups is 3. The molecule has 10 heteroatoms. The fraction of sp³-hybridized carbons (Fsp3) is 0.286. The zero-order valence-corrected chi connectivity index (χ0v) is 13.4. The van der Waals surface area contributed by atoms with Gasteiger partial charge in [-0.1, -0.05) is 17.7 Å². The average molecular weight is 351 g/mol. The first-order chi connectivity index (χ1) is 11.4. The highest BCUT2D eigenvalue weighted by Gasteiger charge is 2.59. The van der Waals surface area contributed by atoms with Crippen molar-refractivity contribution in [2.24, 2.45) is 16.3 Å². The second kappa shape index (κ2) is 5.68. The SMILES string of the molecule is COC(=O)C1=NN(N=O)[C@@H]2C(=O)N(c3ccc(C)c(Cl)c3)C(=O)[C@@H]12. The van der Waals surface area contributed by atoms with E-state index in [2.05, 4.69) is 15.1 Å². The van der Waals surface area contributed by atoms with Crippen molar-refractivity contribution in [2.45, 2.75) is 13.0 Å². The van der Waals surface area contributed by atoms with E-state index in [-0.39, 0.29) is 11.4 Å². The molecule has 2 atom stereocenters. The van der Waals surface area contributed by atoms with Crippen LogP contribution in [0.2, 0.25) is 5.02 Å². The minimum Gasteiger partial charge on any atom is -0.464 e. The first kappa shape index (κ1) is 16.1. The van der Waals surface area contributed by atoms with Crippen LogP contribution < -0.4 is 4.90 Å². The number of nitrogens with zero attached hydrogens (tertiary/aromatic N) is 4. The van der Waals surface area contributed by atoms with E-state index in [0.717, 1.165) is 17.6 Å². The minimum atomic E-state index is -1.30. The molecule has 0 bridgehead atoms. The molecular weight excluding hydrogens is 340 g/mol. The fourth-order valence-corrected chi connectivity index (χ4v) is 2.88. The molecule has 2 amide bonds. The molecule has 0 aliphatic carbocycles. The first-order valence-electron chi connectivity index (χ1n) is 6.84. The molecule has 0 saturated carbocycles. The van der Waals surface area contributed by atoms with Crippen molar-refractivity contribution in [3.63, 3.8) is 0 Å². The molecule has 0 N–H and O–H groups in total. The van der Waals surface area contributed by atoms with Crippen LogP contribution in [0.3, 0.4) is 0 Å². The Morgan fingerprint density at radius 3 is 2.62 bits per heavy atom. The molecule has 2 aliphatic heterocycles. The molecular formula is C14H11ClN4O5. The third-order valence-electron chi connectivity index (χ3n) is 3.92. The van der Waals surface area contributed by atoms with Crippen molar-refractivity contribution in [1.29, 1.82) is 0 Å². The van der Waals surface area contributed by atoms with Crippen molar-refractivity contribution < 1.29 is 19.1 Å². The van der Waals surface area contributed by atoms with Crippen LogP contribution in [0.15, 0.2) is 28.6 Å². The van der Waals surface area contributed by atoms with Gasteiger partial charge in [0.05, 0.1) is 18.1 Å². The van der Waals surface area contributed by atoms with Crippen molar-refractivity contribution in [2.75, 3.05) is 12.0 Å². The number of nitroso groups, excluding NO2 is 1. The van der Waals surface area contributed by atoms with Gasteiger partial charge < -0.3 is 4.74 Å². The maximum absolute atomic E-state index is 12.7. The number of amides is 2. The minimum absolute atomic E-state index is 0.241. The van der Waals surface area contributed by atoms with Crippen molar-refractivity contribution in [1.82, 2.24) is 5.12 Å². The Bertz CT molecular complexity index is 808. The van der Waals surface area contributed by atoms with Gasteiger partial charge in [-0.15, -0.1) is 15.1 Å². The molecule has 0 aromatic heterocycles. The van der Waals surface area contributed by atoms with Gasteiger partial charge >= 0.3 is 5.97 Å². The van der Waals surface area contributed by atoms with Crippen LogP contribution in [0, 0.1) is 17.7 Å². The van der Waals surface area contributed by atoms with Crippen LogP contribution in [-0.4, -0.2) is 41.8 Å². The summed E-state index contributed by atoms with van der Waals surface area (Å²) >= 11 is 6.04. The predicted molar refractivity (Wildman–Crippen MR) is 83.0 cm³/mol. The maximum Gasteiger partial charge on any atom is 0.355 e. The smallest absolute Gasteiger partial charge is 0.355 e. The monoisotopic (exact) mass is 350 g/mol. The number of carbonyl (C=O) groups excluding carboxylic acids is 3. The molecule has 0 unspecified atom stereocenters. The van der Waals surface area contributed by atoms with Gasteiger partial charge in [0.15, 0.2) is 11.8 Å². The standard InChI is InChI=1S/C14H11ClN4O5/c1-6-3-4-7(5-8(6)15)18-12(20)9-10(14(22)24-2)16-19(17-23)11(9)13(18)21/h3-5,9,11H,1-2H3/t9-,11-/m0/s1. The lowest BCUT2D eigenvalue weighted by Crippen LogP contribution is -2.36. The number of anilines is 1. The number of methoxy groups -OCH3 is 1. The second-order valence-electron chi connectivity index (χ2n) is 5.25. The number of hydrogen-bond donors (Lipinski definition) is 0. The molecule has 1 fully saturated rings. The Morgan fingerprint density at radius 2 is 2.04 bits per heavy atom. The number of hydrazone groups is 1. The predicted octanol–water partition coefficient (Wildman–Crippen LogP) is 1.03. The van der Waals surface area contributed by atoms with E-state index in [1.54, 1.807) is 19.1 Å². The quantitative estimate of drug-likeness (QED) is 0.457. The van der Waals surface area contributed by atoms with E-state index in [0.29, 0.717) is 10.1 Å². The molecule has 1 aromatic carbocycles. The summed E-state index contributed by atoms with van der Waals surface area (Å²) in [5.74, 6) is -3.56. The van der Waals surface area contributed by atoms with Gasteiger partial charge in [0.1, 0.15) is 5.92 Å². The van der Waals surface area contributed by atoms with Gasteiger partial charge in [0.25, 0.3) is 5.91 Å². The van der Waals surface area contributed by atoms with Crippen LogP contribution in [0.5, 0.6) is 0 Å². The highest BCUT2D eigenvalue weighted by Crippen LogP contribution is 2.36. The number of fused-ring (bicyclic) bond motifs is 1. The number of aryl methyl sites for hydroxylation is 1. The highest BCUT2D eigenvalue weighted by atomic mass is 35.5. The summed E-state index contributed by atoms with van der Waals surface area (Å²) in [6, 6.07) is 3.36. The number of esters is 1. The summed E-state index contributed by atoms with van der Waals surface area (Å²) in [7, 11) is 1.11. The number of rotatable bonds is 3. The van der Waals surface area contributed by atoms with Crippen molar-refractivity contribution >= 4 is 40.8 Å². The van der Waals surface area contributed by atoms with Crippen LogP contribution in [0.1, 0.15) is 5.56 Å². The third-order valence-corrected chi connectivity index (χ3v) is 4.33. The normalized spacial score (nSPS) is 22.5. The van der Waals surface area contributed by atoms with Crippen LogP contribution in [-0.2, 0) is 19.1 Å². The van der Waals surface area contributed by atoms with E-state index in [1.807, 2.05) is 0 Å². The Hall–Kier alpha value is -2.81. The van der Waals surface area contributed by atoms with Gasteiger partial charge in [-0.2, -0.15) is 0 Å². The number of imide groups is 1. The summed E-state index contributed by atoms with van der Waals surface area (Å²) < 4.78 is 4.55. The molecule has 3 rings (SSSR count). The van der Waals surface area contributed by atoms with Gasteiger partial charge in [0.2, 0.25) is 5.91 Å². The topological polar surface area (TPSA) is 109 Å². The zero-order chi connectivity index (χ0) is 17.6. The van der Waals surface area contributed by atoms with Crippen LogP contribution in [0.4, 0.5) is 5.69 Å². The van der Waals surface area contributed by atoms with Crippen molar-refractivity contribution in [3.05, 3.63) is 33.7 Å². The molecule has 9 nitrogen and oxygen atoms in total. The summed E-state index contributed by atoms with van der Waals surface area (Å²) in [5, 5.41) is 7.12. The molecule has 124 valence electrons. The van der Waals surface area contributed by atoms with E-state index in [4.69, 9.17) is 11.6 Å². The highest BCUT2D eigenvalue weighted by molar-refractivity contribution is 6.46. The Morgan fingerprint density at radius 1 is 1.33 bits per heavy atom.